The highest BCUT2D eigenvalue weighted by molar-refractivity contribution is 6.04. The quantitative estimate of drug-likeness (QED) is 0.688. The number of benzene rings is 2. The molecule has 0 bridgehead atoms. The van der Waals surface area contributed by atoms with Crippen LogP contribution in [0, 0.1) is 13.8 Å². The molecule has 3 rings (SSSR count). The van der Waals surface area contributed by atoms with Crippen LogP contribution < -0.4 is 16.0 Å². The predicted octanol–water partition coefficient (Wildman–Crippen LogP) is 2.50. The van der Waals surface area contributed by atoms with Gasteiger partial charge < -0.3 is 10.6 Å². The van der Waals surface area contributed by atoms with Gasteiger partial charge in [0.15, 0.2) is 0 Å². The summed E-state index contributed by atoms with van der Waals surface area (Å²) in [6, 6.07) is 14.5. The summed E-state index contributed by atoms with van der Waals surface area (Å²) in [5, 5.41) is 7.75. The standard InChI is InChI=1S/C21H23N3O3/c1-13-8-9-16(12-14(13)2)19(15-6-4-3-5-7-15)23-18(25)11-10-17-20(26)24-21(27)22-17/h3-9,12,17,19H,10-11H2,1-2H3,(H,23,25)(H2,22,24,26,27)/t17-,19+/m1/s1. The van der Waals surface area contributed by atoms with Crippen molar-refractivity contribution in [2.24, 2.45) is 0 Å². The predicted molar refractivity (Wildman–Crippen MR) is 102 cm³/mol. The molecule has 6 nitrogen and oxygen atoms in total. The molecule has 0 radical (unpaired) electrons. The third-order valence-electron chi connectivity index (χ3n) is 4.82. The van der Waals surface area contributed by atoms with Gasteiger partial charge in [0.05, 0.1) is 6.04 Å². The van der Waals surface area contributed by atoms with Gasteiger partial charge in [-0.15, -0.1) is 0 Å². The molecule has 6 heteroatoms. The van der Waals surface area contributed by atoms with Crippen LogP contribution in [0.1, 0.15) is 41.1 Å². The smallest absolute Gasteiger partial charge is 0.322 e. The fourth-order valence-corrected chi connectivity index (χ4v) is 3.12. The van der Waals surface area contributed by atoms with E-state index in [1.54, 1.807) is 0 Å². The van der Waals surface area contributed by atoms with Crippen molar-refractivity contribution in [2.75, 3.05) is 0 Å². The average molecular weight is 365 g/mol. The number of hydrogen-bond donors (Lipinski definition) is 3. The molecule has 1 heterocycles. The van der Waals surface area contributed by atoms with Crippen molar-refractivity contribution >= 4 is 17.8 Å². The minimum absolute atomic E-state index is 0.145. The molecular formula is C21H23N3O3. The van der Waals surface area contributed by atoms with Crippen molar-refractivity contribution < 1.29 is 14.4 Å². The molecular weight excluding hydrogens is 342 g/mol. The molecule has 1 fully saturated rings. The maximum atomic E-state index is 12.5. The summed E-state index contributed by atoms with van der Waals surface area (Å²) >= 11 is 0. The SMILES string of the molecule is Cc1ccc([C@@H](NC(=O)CC[C@H]2NC(=O)NC2=O)c2ccccc2)cc1C. The molecule has 0 saturated carbocycles. The number of hydrogen-bond acceptors (Lipinski definition) is 3. The molecule has 2 aromatic carbocycles. The highest BCUT2D eigenvalue weighted by atomic mass is 16.2. The summed E-state index contributed by atoms with van der Waals surface area (Å²) < 4.78 is 0. The first-order valence-corrected chi connectivity index (χ1v) is 8.97. The Kier molecular flexibility index (Phi) is 5.54. The van der Waals surface area contributed by atoms with Crippen molar-refractivity contribution in [3.05, 3.63) is 70.8 Å². The average Bonchev–Trinajstić information content (AvgIpc) is 2.98. The van der Waals surface area contributed by atoms with Crippen LogP contribution in [0.2, 0.25) is 0 Å². The van der Waals surface area contributed by atoms with Crippen molar-refractivity contribution in [3.63, 3.8) is 0 Å². The number of nitrogens with one attached hydrogen (secondary N) is 3. The molecule has 2 atom stereocenters. The maximum Gasteiger partial charge on any atom is 0.322 e. The second kappa shape index (κ2) is 8.03. The molecule has 140 valence electrons. The fourth-order valence-electron chi connectivity index (χ4n) is 3.12. The van der Waals surface area contributed by atoms with Gasteiger partial charge in [-0.1, -0.05) is 48.5 Å². The summed E-state index contributed by atoms with van der Waals surface area (Å²) in [5.41, 5.74) is 4.35. The Balaban J connectivity index is 1.73. The molecule has 3 N–H and O–H groups in total. The molecule has 2 aromatic rings. The zero-order chi connectivity index (χ0) is 19.4. The van der Waals surface area contributed by atoms with E-state index in [0.717, 1.165) is 16.7 Å². The van der Waals surface area contributed by atoms with Gasteiger partial charge in [0.2, 0.25) is 5.91 Å². The number of urea groups is 1. The zero-order valence-corrected chi connectivity index (χ0v) is 15.4. The Morgan fingerprint density at radius 3 is 2.41 bits per heavy atom. The van der Waals surface area contributed by atoms with Crippen molar-refractivity contribution in [3.8, 4) is 0 Å². The zero-order valence-electron chi connectivity index (χ0n) is 15.4. The van der Waals surface area contributed by atoms with Gasteiger partial charge >= 0.3 is 6.03 Å². The number of amides is 4. The normalized spacial score (nSPS) is 17.2. The first kappa shape index (κ1) is 18.6. The molecule has 0 spiro atoms. The molecule has 0 aromatic heterocycles. The number of imide groups is 1. The Bertz CT molecular complexity index is 864. The third kappa shape index (κ3) is 4.53. The van der Waals surface area contributed by atoms with E-state index in [2.05, 4.69) is 28.9 Å². The van der Waals surface area contributed by atoms with Gasteiger partial charge in [-0.05, 0) is 42.5 Å². The lowest BCUT2D eigenvalue weighted by Gasteiger charge is -2.21. The monoisotopic (exact) mass is 365 g/mol. The number of carbonyl (C=O) groups is 3. The Hall–Kier alpha value is -3.15. The number of rotatable bonds is 6. The van der Waals surface area contributed by atoms with E-state index in [-0.39, 0.29) is 30.7 Å². The van der Waals surface area contributed by atoms with E-state index in [4.69, 9.17) is 0 Å². The first-order valence-electron chi connectivity index (χ1n) is 8.97. The second-order valence-corrected chi connectivity index (χ2v) is 6.81. The van der Waals surface area contributed by atoms with E-state index in [9.17, 15) is 14.4 Å². The van der Waals surface area contributed by atoms with Crippen molar-refractivity contribution in [2.45, 2.75) is 38.8 Å². The van der Waals surface area contributed by atoms with Crippen LogP contribution in [-0.4, -0.2) is 23.9 Å². The molecule has 1 aliphatic heterocycles. The topological polar surface area (TPSA) is 87.3 Å². The van der Waals surface area contributed by atoms with Gasteiger partial charge in [-0.3, -0.25) is 14.9 Å². The Morgan fingerprint density at radius 2 is 1.78 bits per heavy atom. The highest BCUT2D eigenvalue weighted by Gasteiger charge is 2.29. The van der Waals surface area contributed by atoms with Crippen LogP contribution in [0.25, 0.3) is 0 Å². The first-order chi connectivity index (χ1) is 12.9. The van der Waals surface area contributed by atoms with Gasteiger partial charge in [-0.2, -0.15) is 0 Å². The van der Waals surface area contributed by atoms with Crippen molar-refractivity contribution in [1.82, 2.24) is 16.0 Å². The molecule has 27 heavy (non-hydrogen) atoms. The van der Waals surface area contributed by atoms with Gasteiger partial charge in [-0.25, -0.2) is 4.79 Å². The molecule has 1 aliphatic rings. The minimum Gasteiger partial charge on any atom is -0.345 e. The van der Waals surface area contributed by atoms with Crippen LogP contribution in [0.4, 0.5) is 4.79 Å². The van der Waals surface area contributed by atoms with Gasteiger partial charge in [0, 0.05) is 6.42 Å². The van der Waals surface area contributed by atoms with E-state index in [1.165, 1.54) is 5.56 Å². The molecule has 0 aliphatic carbocycles. The van der Waals surface area contributed by atoms with Crippen LogP contribution in [0.15, 0.2) is 48.5 Å². The highest BCUT2D eigenvalue weighted by Crippen LogP contribution is 2.24. The molecule has 4 amide bonds. The van der Waals surface area contributed by atoms with Gasteiger partial charge in [0.25, 0.3) is 5.91 Å². The molecule has 0 unspecified atom stereocenters. The van der Waals surface area contributed by atoms with Crippen LogP contribution in [0.3, 0.4) is 0 Å². The summed E-state index contributed by atoms with van der Waals surface area (Å²) in [4.78, 5) is 35.3. The van der Waals surface area contributed by atoms with Crippen molar-refractivity contribution in [1.29, 1.82) is 0 Å². The van der Waals surface area contributed by atoms with E-state index >= 15 is 0 Å². The fraction of sp³-hybridized carbons (Fsp3) is 0.286. The summed E-state index contributed by atoms with van der Waals surface area (Å²) in [7, 11) is 0. The summed E-state index contributed by atoms with van der Waals surface area (Å²) in [6.45, 7) is 4.10. The van der Waals surface area contributed by atoms with Crippen LogP contribution in [-0.2, 0) is 9.59 Å². The van der Waals surface area contributed by atoms with E-state index in [1.807, 2.05) is 49.4 Å². The lowest BCUT2D eigenvalue weighted by Crippen LogP contribution is -2.33. The summed E-state index contributed by atoms with van der Waals surface area (Å²) in [5.74, 6) is -0.558. The number of carbonyl (C=O) groups excluding carboxylic acids is 3. The lowest BCUT2D eigenvalue weighted by molar-refractivity contribution is -0.122. The van der Waals surface area contributed by atoms with Gasteiger partial charge in [0.1, 0.15) is 6.04 Å². The summed E-state index contributed by atoms with van der Waals surface area (Å²) in [6.07, 6.45) is 0.407. The lowest BCUT2D eigenvalue weighted by atomic mass is 9.95. The Labute approximate surface area is 158 Å². The molecule has 1 saturated heterocycles. The number of aryl methyl sites for hydroxylation is 2. The van der Waals surface area contributed by atoms with E-state index < -0.39 is 12.1 Å². The van der Waals surface area contributed by atoms with Crippen LogP contribution >= 0.6 is 0 Å². The Morgan fingerprint density at radius 1 is 1.04 bits per heavy atom. The third-order valence-corrected chi connectivity index (χ3v) is 4.82. The van der Waals surface area contributed by atoms with Crippen LogP contribution in [0.5, 0.6) is 0 Å². The van der Waals surface area contributed by atoms with E-state index in [0.29, 0.717) is 0 Å². The maximum absolute atomic E-state index is 12.5. The minimum atomic E-state index is -0.653. The second-order valence-electron chi connectivity index (χ2n) is 6.81. The largest absolute Gasteiger partial charge is 0.345 e.